The molecule has 0 aromatic carbocycles. The minimum atomic E-state index is -4.20. The zero-order valence-corrected chi connectivity index (χ0v) is 8.15. The molecular weight excluding hydrogens is 284 g/mol. The molecule has 0 aliphatic heterocycles. The van der Waals surface area contributed by atoms with Gasteiger partial charge in [-0.15, -0.1) is 0 Å². The summed E-state index contributed by atoms with van der Waals surface area (Å²) in [7, 11) is 0. The first-order valence-corrected chi connectivity index (χ1v) is 4.46. The van der Waals surface area contributed by atoms with Crippen LogP contribution in [-0.2, 0) is 4.79 Å². The lowest BCUT2D eigenvalue weighted by Crippen LogP contribution is -2.25. The molecule has 0 heterocycles. The number of allylic oxidation sites excluding steroid dienone is 2. The molecule has 1 rings (SSSR count). The number of halogens is 4. The summed E-state index contributed by atoms with van der Waals surface area (Å²) < 4.78 is 36.5. The van der Waals surface area contributed by atoms with Crippen molar-refractivity contribution in [3.05, 3.63) is 9.66 Å². The van der Waals surface area contributed by atoms with Crippen LogP contribution in [0.3, 0.4) is 0 Å². The Kier molecular flexibility index (Phi) is 2.80. The van der Waals surface area contributed by atoms with E-state index in [1.807, 2.05) is 0 Å². The quantitative estimate of drug-likeness (QED) is 0.627. The maximum absolute atomic E-state index is 12.1. The molecule has 1 nitrogen and oxygen atoms in total. The summed E-state index contributed by atoms with van der Waals surface area (Å²) in [6.45, 7) is 0. The molecule has 0 aromatic rings. The van der Waals surface area contributed by atoms with Crippen molar-refractivity contribution in [1.82, 2.24) is 0 Å². The van der Waals surface area contributed by atoms with Crippen molar-refractivity contribution in [3.8, 4) is 0 Å². The Morgan fingerprint density at radius 2 is 2.08 bits per heavy atom. The molecule has 1 atom stereocenters. The fourth-order valence-electron chi connectivity index (χ4n) is 1.02. The number of rotatable bonds is 0. The van der Waals surface area contributed by atoms with Crippen LogP contribution in [0, 0.1) is 5.92 Å². The molecular formula is C7H6F3IO. The second-order valence-corrected chi connectivity index (χ2v) is 3.79. The molecule has 0 N–H and O–H groups in total. The van der Waals surface area contributed by atoms with Crippen LogP contribution < -0.4 is 0 Å². The highest BCUT2D eigenvalue weighted by Crippen LogP contribution is 2.36. The average Bonchev–Trinajstić information content (AvgIpc) is 1.92. The van der Waals surface area contributed by atoms with Gasteiger partial charge in [0.2, 0.25) is 0 Å². The molecule has 0 aromatic heterocycles. The summed E-state index contributed by atoms with van der Waals surface area (Å²) in [4.78, 5) is 10.8. The van der Waals surface area contributed by atoms with Crippen LogP contribution in [-0.4, -0.2) is 12.0 Å². The van der Waals surface area contributed by atoms with E-state index in [-0.39, 0.29) is 22.2 Å². The molecule has 1 unspecified atom stereocenters. The van der Waals surface area contributed by atoms with Crippen molar-refractivity contribution in [1.29, 1.82) is 0 Å². The van der Waals surface area contributed by atoms with E-state index >= 15 is 0 Å². The number of carbonyl (C=O) groups excluding carboxylic acids is 1. The van der Waals surface area contributed by atoms with Crippen LogP contribution in [0.1, 0.15) is 12.8 Å². The molecule has 12 heavy (non-hydrogen) atoms. The zero-order chi connectivity index (χ0) is 9.35. The van der Waals surface area contributed by atoms with Gasteiger partial charge in [-0.25, -0.2) is 0 Å². The molecule has 0 bridgehead atoms. The highest BCUT2D eigenvalue weighted by Gasteiger charge is 2.40. The number of carbonyl (C=O) groups is 1. The lowest BCUT2D eigenvalue weighted by molar-refractivity contribution is -0.164. The fourth-order valence-corrected chi connectivity index (χ4v) is 1.72. The highest BCUT2D eigenvalue weighted by atomic mass is 127. The van der Waals surface area contributed by atoms with Gasteiger partial charge >= 0.3 is 6.18 Å². The standard InChI is InChI=1S/C7H6F3IO/c8-7(9,10)4-1-2-6(12)5(11)3-4/h3-4H,1-2H2. The maximum Gasteiger partial charge on any atom is 0.395 e. The van der Waals surface area contributed by atoms with Crippen LogP contribution >= 0.6 is 22.6 Å². The monoisotopic (exact) mass is 290 g/mol. The second kappa shape index (κ2) is 3.35. The van der Waals surface area contributed by atoms with Crippen molar-refractivity contribution in [2.75, 3.05) is 0 Å². The van der Waals surface area contributed by atoms with Crippen molar-refractivity contribution in [2.24, 2.45) is 5.92 Å². The third kappa shape index (κ3) is 2.21. The number of hydrogen-bond donors (Lipinski definition) is 0. The Bertz CT molecular complexity index is 231. The summed E-state index contributed by atoms with van der Waals surface area (Å²) in [6, 6.07) is 0. The summed E-state index contributed by atoms with van der Waals surface area (Å²) in [5, 5.41) is 0. The minimum absolute atomic E-state index is 0.0128. The van der Waals surface area contributed by atoms with Crippen LogP contribution in [0.25, 0.3) is 0 Å². The first-order chi connectivity index (χ1) is 5.41. The molecule has 68 valence electrons. The Labute approximate surface area is 81.2 Å². The van der Waals surface area contributed by atoms with Gasteiger partial charge in [0, 0.05) is 6.42 Å². The van der Waals surface area contributed by atoms with E-state index in [9.17, 15) is 18.0 Å². The van der Waals surface area contributed by atoms with Crippen molar-refractivity contribution in [2.45, 2.75) is 19.0 Å². The van der Waals surface area contributed by atoms with E-state index in [2.05, 4.69) is 0 Å². The Balaban J connectivity index is 2.80. The van der Waals surface area contributed by atoms with E-state index in [0.717, 1.165) is 6.08 Å². The molecule has 0 saturated carbocycles. The lowest BCUT2D eigenvalue weighted by Gasteiger charge is -2.20. The smallest absolute Gasteiger partial charge is 0.294 e. The third-order valence-electron chi connectivity index (χ3n) is 1.72. The second-order valence-electron chi connectivity index (χ2n) is 2.62. The largest absolute Gasteiger partial charge is 0.395 e. The highest BCUT2D eigenvalue weighted by molar-refractivity contribution is 14.1. The molecule has 0 amide bonds. The molecule has 5 heteroatoms. The van der Waals surface area contributed by atoms with Crippen molar-refractivity contribution in [3.63, 3.8) is 0 Å². The van der Waals surface area contributed by atoms with Gasteiger partial charge in [-0.2, -0.15) is 13.2 Å². The number of ketones is 1. The fraction of sp³-hybridized carbons (Fsp3) is 0.571. The number of hydrogen-bond acceptors (Lipinski definition) is 1. The first kappa shape index (κ1) is 10.0. The Morgan fingerprint density at radius 3 is 2.50 bits per heavy atom. The molecule has 0 saturated heterocycles. The van der Waals surface area contributed by atoms with Crippen LogP contribution in [0.2, 0.25) is 0 Å². The summed E-state index contributed by atoms with van der Waals surface area (Å²) in [5.41, 5.74) is 0. The van der Waals surface area contributed by atoms with Crippen molar-refractivity contribution < 1.29 is 18.0 Å². The molecule has 0 spiro atoms. The number of Topliss-reactive ketones (excluding diaryl/α,β-unsaturated/α-hetero) is 1. The van der Waals surface area contributed by atoms with Gasteiger partial charge in [-0.1, -0.05) is 6.08 Å². The molecule has 1 aliphatic carbocycles. The first-order valence-electron chi connectivity index (χ1n) is 3.38. The van der Waals surface area contributed by atoms with E-state index in [1.165, 1.54) is 0 Å². The summed E-state index contributed by atoms with van der Waals surface area (Å²) in [5.74, 6) is -1.61. The van der Waals surface area contributed by atoms with E-state index in [4.69, 9.17) is 0 Å². The van der Waals surface area contributed by atoms with Gasteiger partial charge in [0.25, 0.3) is 0 Å². The Morgan fingerprint density at radius 1 is 1.50 bits per heavy atom. The van der Waals surface area contributed by atoms with Gasteiger partial charge in [0.05, 0.1) is 9.50 Å². The lowest BCUT2D eigenvalue weighted by atomic mass is 9.95. The van der Waals surface area contributed by atoms with Gasteiger partial charge in [-0.05, 0) is 29.0 Å². The van der Waals surface area contributed by atoms with Gasteiger partial charge in [-0.3, -0.25) is 4.79 Å². The van der Waals surface area contributed by atoms with E-state index in [0.29, 0.717) is 0 Å². The van der Waals surface area contributed by atoms with E-state index < -0.39 is 12.1 Å². The minimum Gasteiger partial charge on any atom is -0.294 e. The van der Waals surface area contributed by atoms with Crippen LogP contribution in [0.4, 0.5) is 13.2 Å². The molecule has 0 fully saturated rings. The van der Waals surface area contributed by atoms with Crippen LogP contribution in [0.5, 0.6) is 0 Å². The Hall–Kier alpha value is -0.0700. The third-order valence-corrected chi connectivity index (χ3v) is 2.68. The van der Waals surface area contributed by atoms with Gasteiger partial charge < -0.3 is 0 Å². The topological polar surface area (TPSA) is 17.1 Å². The zero-order valence-electron chi connectivity index (χ0n) is 5.99. The average molecular weight is 290 g/mol. The summed E-state index contributed by atoms with van der Waals surface area (Å²) >= 11 is 1.65. The predicted octanol–water partition coefficient (Wildman–Crippen LogP) is 2.85. The molecule has 0 radical (unpaired) electrons. The van der Waals surface area contributed by atoms with Crippen LogP contribution in [0.15, 0.2) is 9.66 Å². The maximum atomic E-state index is 12.1. The molecule has 1 aliphatic rings. The van der Waals surface area contributed by atoms with Crippen molar-refractivity contribution >= 4 is 28.4 Å². The predicted molar refractivity (Wildman–Crippen MR) is 45.9 cm³/mol. The van der Waals surface area contributed by atoms with E-state index in [1.54, 1.807) is 22.6 Å². The SMILES string of the molecule is O=C1CCC(C(F)(F)F)C=C1I. The number of alkyl halides is 3. The summed E-state index contributed by atoms with van der Waals surface area (Å²) in [6.07, 6.45) is -3.28. The van der Waals surface area contributed by atoms with Gasteiger partial charge in [0.1, 0.15) is 0 Å². The normalized spacial score (nSPS) is 25.5. The van der Waals surface area contributed by atoms with Gasteiger partial charge in [0.15, 0.2) is 5.78 Å².